The molecule has 0 aliphatic rings. The maximum Gasteiger partial charge on any atom is 0.0991 e. The van der Waals surface area contributed by atoms with E-state index in [9.17, 15) is 0 Å². The van der Waals surface area contributed by atoms with Gasteiger partial charge in [0.25, 0.3) is 0 Å². The molecule has 0 radical (unpaired) electrons. The molecule has 0 saturated carbocycles. The summed E-state index contributed by atoms with van der Waals surface area (Å²) in [6.07, 6.45) is 8.79. The van der Waals surface area contributed by atoms with Crippen molar-refractivity contribution in [2.45, 2.75) is 26.2 Å². The highest BCUT2D eigenvalue weighted by Gasteiger charge is 2.07. The molecule has 23 heavy (non-hydrogen) atoms. The van der Waals surface area contributed by atoms with Crippen LogP contribution in [0.3, 0.4) is 0 Å². The zero-order chi connectivity index (χ0) is 16.1. The first kappa shape index (κ1) is 15.1. The Labute approximate surface area is 136 Å². The Morgan fingerprint density at radius 1 is 1.13 bits per heavy atom. The predicted octanol–water partition coefficient (Wildman–Crippen LogP) is 4.75. The van der Waals surface area contributed by atoms with Gasteiger partial charge in [-0.3, -0.25) is 0 Å². The summed E-state index contributed by atoms with van der Waals surface area (Å²) in [6.45, 7) is 2.19. The van der Waals surface area contributed by atoms with Crippen molar-refractivity contribution in [1.29, 1.82) is 5.26 Å². The molecule has 2 aromatic carbocycles. The Hall–Kier alpha value is -2.86. The highest BCUT2D eigenvalue weighted by molar-refractivity contribution is 5.69. The third-order valence-corrected chi connectivity index (χ3v) is 4.01. The Balaban J connectivity index is 1.95. The number of rotatable bonds is 5. The maximum absolute atomic E-state index is 9.13. The van der Waals surface area contributed by atoms with E-state index in [0.717, 1.165) is 30.5 Å². The summed E-state index contributed by atoms with van der Waals surface area (Å²) in [5, 5.41) is 9.13. The van der Waals surface area contributed by atoms with Crippen LogP contribution in [0.15, 0.2) is 61.2 Å². The molecule has 0 aliphatic carbocycles. The van der Waals surface area contributed by atoms with Gasteiger partial charge >= 0.3 is 0 Å². The number of nitriles is 1. The van der Waals surface area contributed by atoms with Crippen LogP contribution in [0.25, 0.3) is 16.8 Å². The molecule has 0 atom stereocenters. The Bertz CT molecular complexity index is 809. The van der Waals surface area contributed by atoms with Crippen molar-refractivity contribution in [3.8, 4) is 22.9 Å². The van der Waals surface area contributed by atoms with Crippen molar-refractivity contribution < 1.29 is 0 Å². The second-order valence-corrected chi connectivity index (χ2v) is 5.60. The van der Waals surface area contributed by atoms with E-state index in [1.165, 1.54) is 16.7 Å². The van der Waals surface area contributed by atoms with Crippen molar-refractivity contribution in [3.05, 3.63) is 72.3 Å². The molecule has 1 heterocycles. The summed E-state index contributed by atoms with van der Waals surface area (Å²) in [4.78, 5) is 4.08. The first-order valence-corrected chi connectivity index (χ1v) is 7.93. The lowest BCUT2D eigenvalue weighted by molar-refractivity contribution is 0.796. The summed E-state index contributed by atoms with van der Waals surface area (Å²) < 4.78 is 1.99. The zero-order valence-electron chi connectivity index (χ0n) is 13.2. The quantitative estimate of drug-likeness (QED) is 0.682. The smallest absolute Gasteiger partial charge is 0.0991 e. The SMILES string of the molecule is CCCCc1cc(C#N)ccc1-c1ccc(-n2ccnc2)cc1. The van der Waals surface area contributed by atoms with Crippen LogP contribution in [-0.2, 0) is 6.42 Å². The van der Waals surface area contributed by atoms with Crippen LogP contribution < -0.4 is 0 Å². The van der Waals surface area contributed by atoms with E-state index in [-0.39, 0.29) is 0 Å². The van der Waals surface area contributed by atoms with Gasteiger partial charge < -0.3 is 4.57 Å². The number of imidazole rings is 1. The molecule has 3 nitrogen and oxygen atoms in total. The fourth-order valence-corrected chi connectivity index (χ4v) is 2.74. The molecule has 0 saturated heterocycles. The van der Waals surface area contributed by atoms with E-state index in [1.807, 2.05) is 22.9 Å². The highest BCUT2D eigenvalue weighted by Crippen LogP contribution is 2.27. The van der Waals surface area contributed by atoms with Crippen molar-refractivity contribution in [3.63, 3.8) is 0 Å². The first-order valence-electron chi connectivity index (χ1n) is 7.93. The summed E-state index contributed by atoms with van der Waals surface area (Å²) in [5.41, 5.74) is 5.48. The van der Waals surface area contributed by atoms with Gasteiger partial charge in [-0.1, -0.05) is 31.5 Å². The van der Waals surface area contributed by atoms with E-state index in [2.05, 4.69) is 48.3 Å². The summed E-state index contributed by atoms with van der Waals surface area (Å²) in [5.74, 6) is 0. The maximum atomic E-state index is 9.13. The number of benzene rings is 2. The lowest BCUT2D eigenvalue weighted by Gasteiger charge is -2.11. The second kappa shape index (κ2) is 6.93. The van der Waals surface area contributed by atoms with Crippen LogP contribution in [0.4, 0.5) is 0 Å². The molecule has 0 spiro atoms. The molecule has 0 fully saturated rings. The zero-order valence-corrected chi connectivity index (χ0v) is 13.2. The van der Waals surface area contributed by atoms with E-state index in [4.69, 9.17) is 5.26 Å². The Morgan fingerprint density at radius 3 is 2.61 bits per heavy atom. The molecule has 114 valence electrons. The van der Waals surface area contributed by atoms with Gasteiger partial charge in [0.2, 0.25) is 0 Å². The average molecular weight is 301 g/mol. The minimum atomic E-state index is 0.731. The van der Waals surface area contributed by atoms with Crippen LogP contribution in [0, 0.1) is 11.3 Å². The van der Waals surface area contributed by atoms with Crippen molar-refractivity contribution in [2.75, 3.05) is 0 Å². The normalized spacial score (nSPS) is 10.4. The van der Waals surface area contributed by atoms with Crippen molar-refractivity contribution >= 4 is 0 Å². The van der Waals surface area contributed by atoms with Gasteiger partial charge in [0, 0.05) is 18.1 Å². The number of hydrogen-bond donors (Lipinski definition) is 0. The molecule has 1 aromatic heterocycles. The van der Waals surface area contributed by atoms with Gasteiger partial charge in [0.15, 0.2) is 0 Å². The van der Waals surface area contributed by atoms with Crippen molar-refractivity contribution in [2.24, 2.45) is 0 Å². The monoisotopic (exact) mass is 301 g/mol. The van der Waals surface area contributed by atoms with Gasteiger partial charge in [-0.2, -0.15) is 5.26 Å². The molecule has 0 N–H and O–H groups in total. The number of hydrogen-bond acceptors (Lipinski definition) is 2. The Kier molecular flexibility index (Phi) is 4.54. The van der Waals surface area contributed by atoms with Gasteiger partial charge in [0.1, 0.15) is 0 Å². The number of unbranched alkanes of at least 4 members (excludes halogenated alkanes) is 1. The number of aromatic nitrogens is 2. The molecule has 0 unspecified atom stereocenters. The molecule has 0 bridgehead atoms. The fourth-order valence-electron chi connectivity index (χ4n) is 2.74. The number of aryl methyl sites for hydroxylation is 1. The van der Waals surface area contributed by atoms with Gasteiger partial charge in [-0.15, -0.1) is 0 Å². The summed E-state index contributed by atoms with van der Waals surface area (Å²) in [7, 11) is 0. The van der Waals surface area contributed by atoms with Crippen LogP contribution >= 0.6 is 0 Å². The Morgan fingerprint density at radius 2 is 1.96 bits per heavy atom. The van der Waals surface area contributed by atoms with Crippen LogP contribution in [0.2, 0.25) is 0 Å². The minimum Gasteiger partial charge on any atom is -0.306 e. The van der Waals surface area contributed by atoms with E-state index in [1.54, 1.807) is 12.5 Å². The second-order valence-electron chi connectivity index (χ2n) is 5.60. The third-order valence-electron chi connectivity index (χ3n) is 4.01. The van der Waals surface area contributed by atoms with Gasteiger partial charge in [-0.05, 0) is 53.8 Å². The first-order chi connectivity index (χ1) is 11.3. The lowest BCUT2D eigenvalue weighted by atomic mass is 9.94. The molecule has 0 aliphatic heterocycles. The van der Waals surface area contributed by atoms with Crippen LogP contribution in [0.5, 0.6) is 0 Å². The molecule has 0 amide bonds. The van der Waals surface area contributed by atoms with E-state index < -0.39 is 0 Å². The molecular weight excluding hydrogens is 282 g/mol. The summed E-state index contributed by atoms with van der Waals surface area (Å²) in [6, 6.07) is 16.7. The average Bonchev–Trinajstić information content (AvgIpc) is 3.14. The third kappa shape index (κ3) is 3.32. The van der Waals surface area contributed by atoms with Crippen LogP contribution in [0.1, 0.15) is 30.9 Å². The summed E-state index contributed by atoms with van der Waals surface area (Å²) >= 11 is 0. The molecule has 3 rings (SSSR count). The predicted molar refractivity (Wildman–Crippen MR) is 92.3 cm³/mol. The minimum absolute atomic E-state index is 0.731. The van der Waals surface area contributed by atoms with E-state index >= 15 is 0 Å². The highest BCUT2D eigenvalue weighted by atomic mass is 15.0. The van der Waals surface area contributed by atoms with E-state index in [0.29, 0.717) is 0 Å². The molecular formula is C20H19N3. The largest absolute Gasteiger partial charge is 0.306 e. The standard InChI is InChI=1S/C20H19N3/c1-2-3-4-18-13-16(14-21)5-10-20(18)17-6-8-19(9-7-17)23-12-11-22-15-23/h5-13,15H,2-4H2,1H3. The van der Waals surface area contributed by atoms with Crippen LogP contribution in [-0.4, -0.2) is 9.55 Å². The lowest BCUT2D eigenvalue weighted by Crippen LogP contribution is -1.93. The van der Waals surface area contributed by atoms with Gasteiger partial charge in [-0.25, -0.2) is 4.98 Å². The number of nitrogens with zero attached hydrogens (tertiary/aromatic N) is 3. The van der Waals surface area contributed by atoms with Crippen molar-refractivity contribution in [1.82, 2.24) is 9.55 Å². The topological polar surface area (TPSA) is 41.6 Å². The van der Waals surface area contributed by atoms with Gasteiger partial charge in [0.05, 0.1) is 18.0 Å². The molecule has 3 aromatic rings. The fraction of sp³-hybridized carbons (Fsp3) is 0.200. The molecule has 3 heteroatoms.